The molecule has 45 heavy (non-hydrogen) atoms. The molecule has 0 bridgehead atoms. The Morgan fingerprint density at radius 3 is 1.44 bits per heavy atom. The summed E-state index contributed by atoms with van der Waals surface area (Å²) in [6.45, 7) is 3.50. The number of rotatable bonds is 12. The van der Waals surface area contributed by atoms with Crippen molar-refractivity contribution < 1.29 is 38.0 Å². The normalized spacial score (nSPS) is 23.2. The van der Waals surface area contributed by atoms with Gasteiger partial charge in [-0.05, 0) is 31.4 Å². The highest BCUT2D eigenvalue weighted by atomic mass is 16.5. The van der Waals surface area contributed by atoms with Crippen molar-refractivity contribution in [3.8, 4) is 23.0 Å². The SMILES string of the molecule is COc1cc2c(cc1OC)C(=O)N1CC[C@@H](COCCCOC[C@@H]3CCN4C(=O)c5cc(OC)c(OC)cc5N=C[C@H]34)C1C=N2. The van der Waals surface area contributed by atoms with E-state index in [1.54, 1.807) is 52.7 Å². The maximum absolute atomic E-state index is 13.4. The van der Waals surface area contributed by atoms with Gasteiger partial charge in [0.05, 0.1) is 76.2 Å². The minimum Gasteiger partial charge on any atom is -0.493 e. The van der Waals surface area contributed by atoms with E-state index in [9.17, 15) is 9.59 Å². The van der Waals surface area contributed by atoms with Gasteiger partial charge in [-0.15, -0.1) is 0 Å². The molecule has 0 aliphatic carbocycles. The van der Waals surface area contributed by atoms with Gasteiger partial charge in [0.25, 0.3) is 11.8 Å². The van der Waals surface area contributed by atoms with E-state index >= 15 is 0 Å². The first-order chi connectivity index (χ1) is 22.0. The standard InChI is InChI=1S/C33H40N4O8/c1-40-28-12-22-24(14-30(28)42-3)34-16-26-20(6-8-36(26)32(22)38)18-44-10-5-11-45-19-21-7-9-37-27(21)17-35-25-15-31(43-4)29(41-2)13-23(25)33(37)39/h12-17,20-21,26-27H,5-11,18-19H2,1-4H3/t20-,21-,26+,27?/m0/s1. The second kappa shape index (κ2) is 13.5. The molecule has 0 saturated carbocycles. The molecular formula is C33H40N4O8. The molecule has 4 atom stereocenters. The molecule has 0 N–H and O–H groups in total. The monoisotopic (exact) mass is 620 g/mol. The Balaban J connectivity index is 0.957. The van der Waals surface area contributed by atoms with E-state index < -0.39 is 0 Å². The van der Waals surface area contributed by atoms with Gasteiger partial charge in [0.2, 0.25) is 0 Å². The van der Waals surface area contributed by atoms with Gasteiger partial charge < -0.3 is 38.2 Å². The summed E-state index contributed by atoms with van der Waals surface area (Å²) in [5.74, 6) is 2.31. The van der Waals surface area contributed by atoms with E-state index in [2.05, 4.69) is 9.98 Å². The van der Waals surface area contributed by atoms with Gasteiger partial charge in [-0.2, -0.15) is 0 Å². The van der Waals surface area contributed by atoms with E-state index in [0.29, 0.717) is 85.0 Å². The first-order valence-electron chi connectivity index (χ1n) is 15.3. The zero-order valence-electron chi connectivity index (χ0n) is 26.2. The molecule has 2 aromatic rings. The van der Waals surface area contributed by atoms with Gasteiger partial charge in [-0.1, -0.05) is 0 Å². The third-order valence-corrected chi connectivity index (χ3v) is 9.13. The number of amides is 2. The fourth-order valence-corrected chi connectivity index (χ4v) is 6.65. The maximum Gasteiger partial charge on any atom is 0.256 e. The third-order valence-electron chi connectivity index (χ3n) is 9.13. The molecule has 6 rings (SSSR count). The van der Waals surface area contributed by atoms with Crippen molar-refractivity contribution in [2.75, 3.05) is 68.0 Å². The van der Waals surface area contributed by atoms with Gasteiger partial charge in [0.15, 0.2) is 23.0 Å². The summed E-state index contributed by atoms with van der Waals surface area (Å²) in [4.78, 5) is 39.8. The lowest BCUT2D eigenvalue weighted by Crippen LogP contribution is -2.39. The number of nitrogens with zero attached hydrogens (tertiary/aromatic N) is 4. The zero-order chi connectivity index (χ0) is 31.5. The van der Waals surface area contributed by atoms with Crippen molar-refractivity contribution in [3.05, 3.63) is 35.4 Å². The van der Waals surface area contributed by atoms with Crippen molar-refractivity contribution >= 4 is 35.6 Å². The highest BCUT2D eigenvalue weighted by molar-refractivity contribution is 6.04. The average Bonchev–Trinajstić information content (AvgIpc) is 3.60. The highest BCUT2D eigenvalue weighted by Crippen LogP contribution is 2.40. The summed E-state index contributed by atoms with van der Waals surface area (Å²) >= 11 is 0. The van der Waals surface area contributed by atoms with Crippen LogP contribution in [0.5, 0.6) is 23.0 Å². The number of aliphatic imine (C=N–C) groups is 2. The molecule has 2 fully saturated rings. The first-order valence-corrected chi connectivity index (χ1v) is 15.3. The second-order valence-corrected chi connectivity index (χ2v) is 11.6. The summed E-state index contributed by atoms with van der Waals surface area (Å²) < 4.78 is 33.7. The number of carbonyl (C=O) groups excluding carboxylic acids is 2. The van der Waals surface area contributed by atoms with Crippen molar-refractivity contribution in [1.82, 2.24) is 9.80 Å². The molecule has 0 radical (unpaired) electrons. The maximum atomic E-state index is 13.4. The van der Waals surface area contributed by atoms with Gasteiger partial charge in [0, 0.05) is 62.7 Å². The van der Waals surface area contributed by atoms with Crippen LogP contribution in [0.3, 0.4) is 0 Å². The first kappa shape index (κ1) is 30.8. The predicted octanol–water partition coefficient (Wildman–Crippen LogP) is 3.94. The van der Waals surface area contributed by atoms with Crippen LogP contribution < -0.4 is 18.9 Å². The van der Waals surface area contributed by atoms with Gasteiger partial charge in [-0.3, -0.25) is 19.6 Å². The smallest absolute Gasteiger partial charge is 0.256 e. The minimum atomic E-state index is -0.124. The summed E-state index contributed by atoms with van der Waals surface area (Å²) in [5, 5.41) is 0. The zero-order valence-corrected chi connectivity index (χ0v) is 26.2. The van der Waals surface area contributed by atoms with E-state index in [1.165, 1.54) is 0 Å². The summed E-state index contributed by atoms with van der Waals surface area (Å²) in [5.41, 5.74) is 2.19. The Kier molecular flexibility index (Phi) is 9.22. The molecule has 4 aliphatic rings. The Labute approximate surface area is 262 Å². The number of ether oxygens (including phenoxy) is 6. The average molecular weight is 621 g/mol. The molecule has 1 unspecified atom stereocenters. The fraction of sp³-hybridized carbons (Fsp3) is 0.515. The van der Waals surface area contributed by atoms with Crippen molar-refractivity contribution in [2.24, 2.45) is 21.8 Å². The number of carbonyl (C=O) groups is 2. The Morgan fingerprint density at radius 2 is 1.04 bits per heavy atom. The topological polar surface area (TPSA) is 121 Å². The second-order valence-electron chi connectivity index (χ2n) is 11.6. The quantitative estimate of drug-likeness (QED) is 0.328. The van der Waals surface area contributed by atoms with Crippen molar-refractivity contribution in [2.45, 2.75) is 31.3 Å². The van der Waals surface area contributed by atoms with Crippen LogP contribution in [-0.2, 0) is 9.47 Å². The molecule has 0 spiro atoms. The Hall–Kier alpha value is -4.16. The Bertz CT molecular complexity index is 1380. The van der Waals surface area contributed by atoms with E-state index in [4.69, 9.17) is 28.4 Å². The molecule has 2 saturated heterocycles. The minimum absolute atomic E-state index is 0.0569. The van der Waals surface area contributed by atoms with E-state index in [1.807, 2.05) is 22.2 Å². The number of benzene rings is 2. The Morgan fingerprint density at radius 1 is 0.644 bits per heavy atom. The highest BCUT2D eigenvalue weighted by Gasteiger charge is 2.40. The molecule has 12 heteroatoms. The molecular weight excluding hydrogens is 580 g/mol. The molecule has 4 aliphatic heterocycles. The van der Waals surface area contributed by atoms with Gasteiger partial charge >= 0.3 is 0 Å². The molecule has 0 aromatic heterocycles. The fourth-order valence-electron chi connectivity index (χ4n) is 6.65. The van der Waals surface area contributed by atoms with Gasteiger partial charge in [-0.25, -0.2) is 0 Å². The molecule has 2 amide bonds. The van der Waals surface area contributed by atoms with Crippen LogP contribution in [0.15, 0.2) is 34.3 Å². The van der Waals surface area contributed by atoms with Crippen LogP contribution in [0.25, 0.3) is 0 Å². The van der Waals surface area contributed by atoms with Crippen LogP contribution in [0.4, 0.5) is 11.4 Å². The van der Waals surface area contributed by atoms with Crippen LogP contribution in [-0.4, -0.2) is 114 Å². The van der Waals surface area contributed by atoms with Crippen LogP contribution >= 0.6 is 0 Å². The van der Waals surface area contributed by atoms with Crippen molar-refractivity contribution in [3.63, 3.8) is 0 Å². The number of fused-ring (bicyclic) bond motifs is 4. The largest absolute Gasteiger partial charge is 0.493 e. The van der Waals surface area contributed by atoms with Gasteiger partial charge in [0.1, 0.15) is 0 Å². The molecule has 2 aromatic carbocycles. The number of hydrogen-bond donors (Lipinski definition) is 0. The molecule has 240 valence electrons. The van der Waals surface area contributed by atoms with E-state index in [0.717, 1.165) is 19.3 Å². The van der Waals surface area contributed by atoms with Crippen molar-refractivity contribution in [1.29, 1.82) is 0 Å². The van der Waals surface area contributed by atoms with Crippen LogP contribution in [0.2, 0.25) is 0 Å². The third kappa shape index (κ3) is 5.96. The molecule has 12 nitrogen and oxygen atoms in total. The van der Waals surface area contributed by atoms with Crippen LogP contribution in [0, 0.1) is 11.8 Å². The lowest BCUT2D eigenvalue weighted by molar-refractivity contribution is 0.0498. The van der Waals surface area contributed by atoms with Crippen LogP contribution in [0.1, 0.15) is 40.0 Å². The summed E-state index contributed by atoms with van der Waals surface area (Å²) in [6, 6.07) is 6.65. The summed E-state index contributed by atoms with van der Waals surface area (Å²) in [6.07, 6.45) is 6.17. The summed E-state index contributed by atoms with van der Waals surface area (Å²) in [7, 11) is 6.24. The molecule has 4 heterocycles. The number of methoxy groups -OCH3 is 4. The number of hydrogen-bond acceptors (Lipinski definition) is 10. The lowest BCUT2D eigenvalue weighted by atomic mass is 10.0. The predicted molar refractivity (Wildman–Crippen MR) is 168 cm³/mol. The van der Waals surface area contributed by atoms with E-state index in [-0.39, 0.29) is 35.7 Å². The lowest BCUT2D eigenvalue weighted by Gasteiger charge is -2.24.